The van der Waals surface area contributed by atoms with Gasteiger partial charge in [0.25, 0.3) is 0 Å². The van der Waals surface area contributed by atoms with Crippen molar-refractivity contribution in [1.29, 1.82) is 0 Å². The third-order valence-corrected chi connectivity index (χ3v) is 5.74. The number of nitrogens with two attached hydrogens (primary N) is 1. The largest absolute Gasteiger partial charge is 0.379 e. The number of nitrogen functional groups attached to an aromatic ring is 1. The van der Waals surface area contributed by atoms with Gasteiger partial charge in [0.15, 0.2) is 0 Å². The zero-order valence-corrected chi connectivity index (χ0v) is 18.4. The molecule has 4 aromatic heterocycles. The molecule has 0 radical (unpaired) electrons. The topological polar surface area (TPSA) is 108 Å². The van der Waals surface area contributed by atoms with E-state index in [4.69, 9.17) is 5.73 Å². The molecule has 9 heteroatoms. The van der Waals surface area contributed by atoms with Gasteiger partial charge in [0.05, 0.1) is 35.2 Å². The summed E-state index contributed by atoms with van der Waals surface area (Å²) in [4.78, 5) is 13.3. The molecule has 0 saturated heterocycles. The fraction of sp³-hybridized carbons (Fsp3) is 0.120. The van der Waals surface area contributed by atoms with Gasteiger partial charge in [0.2, 0.25) is 5.95 Å². The van der Waals surface area contributed by atoms with E-state index in [9.17, 15) is 9.50 Å². The first-order chi connectivity index (χ1) is 16.4. The second-order valence-corrected chi connectivity index (χ2v) is 8.07. The average Bonchev–Trinajstić information content (AvgIpc) is 3.49. The van der Waals surface area contributed by atoms with E-state index in [1.807, 2.05) is 53.2 Å². The molecule has 0 saturated carbocycles. The van der Waals surface area contributed by atoms with Crippen LogP contribution in [-0.4, -0.2) is 41.1 Å². The number of nitrogens with zero attached hydrogens (tertiary/aromatic N) is 6. The van der Waals surface area contributed by atoms with Crippen LogP contribution in [-0.2, 0) is 5.60 Å². The number of aliphatic hydroxyl groups is 1. The molecule has 1 aromatic carbocycles. The minimum absolute atomic E-state index is 0.0422. The molecule has 1 atom stereocenters. The van der Waals surface area contributed by atoms with Crippen LogP contribution in [0, 0.1) is 0 Å². The summed E-state index contributed by atoms with van der Waals surface area (Å²) in [5, 5.41) is 16.3. The number of hydrogen-bond donors (Lipinski definition) is 2. The summed E-state index contributed by atoms with van der Waals surface area (Å²) in [5.74, 6) is 0.0422. The third-order valence-electron chi connectivity index (χ3n) is 5.74. The zero-order valence-electron chi connectivity index (χ0n) is 18.4. The van der Waals surface area contributed by atoms with E-state index in [0.717, 1.165) is 10.9 Å². The lowest BCUT2D eigenvalue weighted by Crippen LogP contribution is -2.25. The Kier molecular flexibility index (Phi) is 5.18. The Morgan fingerprint density at radius 3 is 2.71 bits per heavy atom. The van der Waals surface area contributed by atoms with Crippen LogP contribution in [0.2, 0.25) is 0 Å². The first-order valence-corrected chi connectivity index (χ1v) is 10.6. The highest BCUT2D eigenvalue weighted by molar-refractivity contribution is 5.94. The van der Waals surface area contributed by atoms with Gasteiger partial charge in [-0.25, -0.2) is 24.0 Å². The molecule has 0 spiro atoms. The highest BCUT2D eigenvalue weighted by Gasteiger charge is 2.29. The molecule has 0 amide bonds. The second kappa shape index (κ2) is 8.20. The quantitative estimate of drug-likeness (QED) is 0.401. The van der Waals surface area contributed by atoms with Gasteiger partial charge in [-0.15, -0.1) is 0 Å². The van der Waals surface area contributed by atoms with Crippen molar-refractivity contribution in [1.82, 2.24) is 29.3 Å². The van der Waals surface area contributed by atoms with Gasteiger partial charge in [-0.05, 0) is 30.7 Å². The van der Waals surface area contributed by atoms with Crippen LogP contribution in [0.25, 0.3) is 33.7 Å². The molecule has 0 aliphatic heterocycles. The molecule has 5 aromatic rings. The van der Waals surface area contributed by atoms with Crippen LogP contribution in [0.1, 0.15) is 18.2 Å². The Balaban J connectivity index is 1.66. The molecule has 4 heterocycles. The Bertz CT molecular complexity index is 1500. The minimum Gasteiger partial charge on any atom is -0.379 e. The van der Waals surface area contributed by atoms with E-state index in [2.05, 4.69) is 26.6 Å². The van der Waals surface area contributed by atoms with Gasteiger partial charge in [0, 0.05) is 23.3 Å². The van der Waals surface area contributed by atoms with Gasteiger partial charge in [-0.3, -0.25) is 4.57 Å². The molecule has 34 heavy (non-hydrogen) atoms. The van der Waals surface area contributed by atoms with Crippen LogP contribution in [0.4, 0.5) is 10.3 Å². The molecule has 5 rings (SSSR count). The van der Waals surface area contributed by atoms with Crippen molar-refractivity contribution in [3.63, 3.8) is 0 Å². The second-order valence-electron chi connectivity index (χ2n) is 8.07. The molecule has 0 fully saturated rings. The predicted molar refractivity (Wildman–Crippen MR) is 129 cm³/mol. The molecular weight excluding hydrogens is 433 g/mol. The Morgan fingerprint density at radius 2 is 1.94 bits per heavy atom. The summed E-state index contributed by atoms with van der Waals surface area (Å²) >= 11 is 0. The standard InChI is InChI=1S/C25H22FN7O/c1-16(12-26)33-14-18(13-29-33)32-15-20(19-9-6-10-28-23(19)32)21-11-22(31-24(27)30-21)25(2,34)17-7-4-3-5-8-17/h3-11,13-15,34H,1,12H2,2H3,(H2,27,30,31). The van der Waals surface area contributed by atoms with Crippen molar-refractivity contribution in [3.8, 4) is 16.9 Å². The lowest BCUT2D eigenvalue weighted by Gasteiger charge is -2.23. The maximum absolute atomic E-state index is 13.0. The maximum Gasteiger partial charge on any atom is 0.220 e. The summed E-state index contributed by atoms with van der Waals surface area (Å²) in [5.41, 5.74) is 8.61. The van der Waals surface area contributed by atoms with E-state index < -0.39 is 12.3 Å². The van der Waals surface area contributed by atoms with Crippen molar-refractivity contribution in [2.24, 2.45) is 0 Å². The van der Waals surface area contributed by atoms with E-state index >= 15 is 0 Å². The summed E-state index contributed by atoms with van der Waals surface area (Å²) in [6.45, 7) is 4.64. The fourth-order valence-corrected chi connectivity index (χ4v) is 3.90. The van der Waals surface area contributed by atoms with Gasteiger partial charge in [-0.2, -0.15) is 5.10 Å². The number of benzene rings is 1. The van der Waals surface area contributed by atoms with E-state index in [1.165, 1.54) is 4.68 Å². The summed E-state index contributed by atoms with van der Waals surface area (Å²) < 4.78 is 16.3. The smallest absolute Gasteiger partial charge is 0.220 e. The predicted octanol–water partition coefficient (Wildman–Crippen LogP) is 3.96. The van der Waals surface area contributed by atoms with E-state index in [1.54, 1.807) is 31.6 Å². The molecule has 0 aliphatic rings. The number of pyridine rings is 1. The van der Waals surface area contributed by atoms with Crippen molar-refractivity contribution < 1.29 is 9.50 Å². The number of allylic oxidation sites excluding steroid dienone is 1. The number of hydrogen-bond acceptors (Lipinski definition) is 6. The molecule has 1 unspecified atom stereocenters. The monoisotopic (exact) mass is 455 g/mol. The first kappa shape index (κ1) is 21.5. The number of alkyl halides is 1. The summed E-state index contributed by atoms with van der Waals surface area (Å²) in [6, 6.07) is 14.7. The van der Waals surface area contributed by atoms with Crippen molar-refractivity contribution in [3.05, 3.63) is 91.2 Å². The Labute approximate surface area is 194 Å². The summed E-state index contributed by atoms with van der Waals surface area (Å²) in [7, 11) is 0. The summed E-state index contributed by atoms with van der Waals surface area (Å²) in [6.07, 6.45) is 6.84. The van der Waals surface area contributed by atoms with Crippen LogP contribution in [0.15, 0.2) is 79.9 Å². The third kappa shape index (κ3) is 3.61. The molecule has 3 N–H and O–H groups in total. The van der Waals surface area contributed by atoms with Crippen molar-refractivity contribution in [2.75, 3.05) is 12.4 Å². The van der Waals surface area contributed by atoms with E-state index in [0.29, 0.717) is 28.3 Å². The molecule has 0 aliphatic carbocycles. The molecular formula is C25H22FN7O. The van der Waals surface area contributed by atoms with E-state index in [-0.39, 0.29) is 11.6 Å². The van der Waals surface area contributed by atoms with Crippen LogP contribution >= 0.6 is 0 Å². The average molecular weight is 455 g/mol. The highest BCUT2D eigenvalue weighted by Crippen LogP contribution is 2.34. The fourth-order valence-electron chi connectivity index (χ4n) is 3.90. The number of anilines is 1. The van der Waals surface area contributed by atoms with Gasteiger partial charge in [-0.1, -0.05) is 36.9 Å². The normalized spacial score (nSPS) is 13.1. The number of fused-ring (bicyclic) bond motifs is 1. The Hall–Kier alpha value is -4.37. The molecule has 8 nitrogen and oxygen atoms in total. The number of aromatic nitrogens is 6. The van der Waals surface area contributed by atoms with Gasteiger partial charge in [0.1, 0.15) is 17.9 Å². The molecule has 0 bridgehead atoms. The van der Waals surface area contributed by atoms with Crippen molar-refractivity contribution >= 4 is 22.7 Å². The number of halogens is 1. The maximum atomic E-state index is 13.0. The van der Waals surface area contributed by atoms with Gasteiger partial charge >= 0.3 is 0 Å². The number of rotatable bonds is 6. The van der Waals surface area contributed by atoms with Crippen LogP contribution in [0.5, 0.6) is 0 Å². The minimum atomic E-state index is -1.38. The Morgan fingerprint density at radius 1 is 1.15 bits per heavy atom. The zero-order chi connectivity index (χ0) is 23.9. The lowest BCUT2D eigenvalue weighted by atomic mass is 9.91. The highest BCUT2D eigenvalue weighted by atomic mass is 19.1. The van der Waals surface area contributed by atoms with Gasteiger partial charge < -0.3 is 10.8 Å². The molecule has 170 valence electrons. The lowest BCUT2D eigenvalue weighted by molar-refractivity contribution is 0.0975. The SMILES string of the molecule is C=C(CF)n1cc(-n2cc(-c3cc(C(C)(O)c4ccccc4)nc(N)n3)c3cccnc32)cn1. The van der Waals surface area contributed by atoms with Crippen molar-refractivity contribution in [2.45, 2.75) is 12.5 Å². The van der Waals surface area contributed by atoms with Crippen LogP contribution in [0.3, 0.4) is 0 Å². The van der Waals surface area contributed by atoms with Crippen LogP contribution < -0.4 is 5.73 Å². The first-order valence-electron chi connectivity index (χ1n) is 10.6.